The molecule has 6 nitrogen and oxygen atoms in total. The lowest BCUT2D eigenvalue weighted by molar-refractivity contribution is -0.0328. The summed E-state index contributed by atoms with van der Waals surface area (Å²) in [5.41, 5.74) is 10.3. The van der Waals surface area contributed by atoms with Gasteiger partial charge >= 0.3 is 0 Å². The van der Waals surface area contributed by atoms with Crippen molar-refractivity contribution in [3.05, 3.63) is 69.4 Å². The highest BCUT2D eigenvalue weighted by molar-refractivity contribution is 5.37. The predicted molar refractivity (Wildman–Crippen MR) is 405 cm³/mol. The van der Waals surface area contributed by atoms with Crippen LogP contribution in [-0.2, 0) is 18.9 Å². The lowest BCUT2D eigenvalue weighted by atomic mass is 9.76. The van der Waals surface area contributed by atoms with Gasteiger partial charge in [-0.15, -0.1) is 0 Å². The Kier molecular flexibility index (Phi) is 44.9. The first-order valence-electron chi connectivity index (χ1n) is 40.4. The molecule has 2 N–H and O–H groups in total. The van der Waals surface area contributed by atoms with E-state index in [1.165, 1.54) is 197 Å². The second kappa shape index (κ2) is 48.9. The molecule has 6 heteroatoms. The average Bonchev–Trinajstić information content (AvgIpc) is 1.03. The predicted octanol–water partition coefficient (Wildman–Crippen LogP) is 25.4. The number of unbranched alkanes of at least 4 members (excludes halogenated alkanes) is 2. The van der Waals surface area contributed by atoms with E-state index in [0.717, 1.165) is 94.5 Å². The van der Waals surface area contributed by atoms with Gasteiger partial charge in [-0.1, -0.05) is 233 Å². The molecule has 17 atom stereocenters. The third kappa shape index (κ3) is 34.7. The molecule has 0 saturated carbocycles. The van der Waals surface area contributed by atoms with Crippen LogP contribution in [0, 0.1) is 65.1 Å². The summed E-state index contributed by atoms with van der Waals surface area (Å²) in [5.74, 6) is 6.99. The van der Waals surface area contributed by atoms with Crippen molar-refractivity contribution < 1.29 is 29.2 Å². The van der Waals surface area contributed by atoms with Gasteiger partial charge in [-0.25, -0.2) is 0 Å². The van der Waals surface area contributed by atoms with Crippen molar-refractivity contribution in [1.29, 1.82) is 0 Å². The van der Waals surface area contributed by atoms with E-state index in [9.17, 15) is 10.2 Å². The van der Waals surface area contributed by atoms with Gasteiger partial charge in [0.1, 0.15) is 0 Å². The van der Waals surface area contributed by atoms with Crippen LogP contribution in [0.25, 0.3) is 0 Å². The molecule has 0 aromatic rings. The van der Waals surface area contributed by atoms with Crippen LogP contribution in [0.2, 0.25) is 0 Å². The molecule has 5 aliphatic rings. The van der Waals surface area contributed by atoms with Crippen molar-refractivity contribution in [3.8, 4) is 0 Å². The Balaban J connectivity index is 0.000000364. The van der Waals surface area contributed by atoms with E-state index in [2.05, 4.69) is 155 Å². The second-order valence-corrected chi connectivity index (χ2v) is 32.6. The van der Waals surface area contributed by atoms with Crippen molar-refractivity contribution in [2.45, 2.75) is 392 Å². The van der Waals surface area contributed by atoms with Crippen LogP contribution in [0.4, 0.5) is 0 Å². The first kappa shape index (κ1) is 85.4. The summed E-state index contributed by atoms with van der Waals surface area (Å²) < 4.78 is 25.0. The maximum atomic E-state index is 10.5. The zero-order valence-electron chi connectivity index (χ0n) is 65.2. The Bertz CT molecular complexity index is 2120. The van der Waals surface area contributed by atoms with Crippen LogP contribution in [0.5, 0.6) is 0 Å². The quantitative estimate of drug-likeness (QED) is 0.0881. The van der Waals surface area contributed by atoms with Gasteiger partial charge in [0.25, 0.3) is 0 Å². The summed E-state index contributed by atoms with van der Waals surface area (Å²) in [5, 5.41) is 20.9. The van der Waals surface area contributed by atoms with E-state index in [1.807, 2.05) is 6.92 Å². The van der Waals surface area contributed by atoms with E-state index >= 15 is 0 Å². The molecule has 17 unspecified atom stereocenters. The maximum absolute atomic E-state index is 10.5. The molecule has 0 amide bonds. The number of hydrogen-bond acceptors (Lipinski definition) is 6. The monoisotopic (exact) mass is 1300 g/mol. The highest BCUT2D eigenvalue weighted by Crippen LogP contribution is 2.40. The van der Waals surface area contributed by atoms with E-state index in [1.54, 1.807) is 27.9 Å². The largest absolute Gasteiger partial charge is 0.390 e. The molecule has 0 radical (unpaired) electrons. The van der Waals surface area contributed by atoms with Gasteiger partial charge in [-0.2, -0.15) is 0 Å². The highest BCUT2D eigenvalue weighted by Gasteiger charge is 2.37. The van der Waals surface area contributed by atoms with Gasteiger partial charge in [-0.3, -0.25) is 0 Å². The Morgan fingerprint density at radius 2 is 1.00 bits per heavy atom. The topological polar surface area (TPSA) is 77.4 Å². The van der Waals surface area contributed by atoms with Gasteiger partial charge in [0.05, 0.1) is 36.1 Å². The Morgan fingerprint density at radius 3 is 1.58 bits per heavy atom. The molecule has 4 aliphatic carbocycles. The summed E-state index contributed by atoms with van der Waals surface area (Å²) in [6, 6.07) is 0. The summed E-state index contributed by atoms with van der Waals surface area (Å²) in [7, 11) is 0. The number of allylic oxidation sites excluding steroid dienone is 6. The van der Waals surface area contributed by atoms with Gasteiger partial charge < -0.3 is 29.2 Å². The molecule has 0 fully saturated rings. The minimum Gasteiger partial charge on any atom is -0.390 e. The molecule has 0 spiro atoms. The van der Waals surface area contributed by atoms with Crippen LogP contribution < -0.4 is 0 Å². The molecular formula is C87H158O6. The number of hydrogen-bond donors (Lipinski definition) is 2. The zero-order chi connectivity index (χ0) is 68.7. The van der Waals surface area contributed by atoms with Gasteiger partial charge in [-0.05, 0) is 252 Å². The van der Waals surface area contributed by atoms with Crippen LogP contribution in [0.3, 0.4) is 0 Å². The van der Waals surface area contributed by atoms with Crippen molar-refractivity contribution in [1.82, 2.24) is 0 Å². The van der Waals surface area contributed by atoms with Crippen molar-refractivity contribution in [2.24, 2.45) is 65.1 Å². The Morgan fingerprint density at radius 1 is 0.505 bits per heavy atom. The lowest BCUT2D eigenvalue weighted by Crippen LogP contribution is -2.40. The molecule has 0 aromatic carbocycles. The Labute approximate surface area is 579 Å². The van der Waals surface area contributed by atoms with Crippen molar-refractivity contribution in [2.75, 3.05) is 26.4 Å². The van der Waals surface area contributed by atoms with Crippen LogP contribution >= 0.6 is 0 Å². The van der Waals surface area contributed by atoms with E-state index < -0.39 is 5.60 Å². The highest BCUT2D eigenvalue weighted by atomic mass is 16.5. The molecule has 1 aliphatic heterocycles. The third-order valence-electron chi connectivity index (χ3n) is 23.6. The molecule has 1 heterocycles. The zero-order valence-corrected chi connectivity index (χ0v) is 65.2. The fourth-order valence-electron chi connectivity index (χ4n) is 16.0. The number of rotatable bonds is 21. The first-order chi connectivity index (χ1) is 44.4. The van der Waals surface area contributed by atoms with Crippen molar-refractivity contribution >= 4 is 0 Å². The van der Waals surface area contributed by atoms with E-state index in [4.69, 9.17) is 18.9 Å². The molecule has 542 valence electrons. The fourth-order valence-corrected chi connectivity index (χ4v) is 16.0. The van der Waals surface area contributed by atoms with Gasteiger partial charge in [0, 0.05) is 32.3 Å². The number of aliphatic hydroxyl groups excluding tert-OH is 1. The normalized spacial score (nSPS) is 32.6. The van der Waals surface area contributed by atoms with Gasteiger partial charge in [0.15, 0.2) is 0 Å². The number of fused-ring (bicyclic) bond motifs is 2. The summed E-state index contributed by atoms with van der Waals surface area (Å²) >= 11 is 0. The molecule has 0 aromatic heterocycles. The maximum Gasteiger partial charge on any atom is 0.0850 e. The Hall–Kier alpha value is -1.80. The minimum atomic E-state index is -0.473. The summed E-state index contributed by atoms with van der Waals surface area (Å²) in [4.78, 5) is 0. The smallest absolute Gasteiger partial charge is 0.0850 e. The van der Waals surface area contributed by atoms with Crippen molar-refractivity contribution in [3.63, 3.8) is 0 Å². The first-order valence-corrected chi connectivity index (χ1v) is 40.4. The summed E-state index contributed by atoms with van der Waals surface area (Å²) in [6.07, 6.45) is 56.7. The standard InChI is InChI=1S/C29H56O3.C29H52O2.C29H50O/c1-8-10-11-19-29(7,31)20-13-16-22(3)14-12-15-23(4)17-18-26-21-27(30)24(5)25(6)28(26)32-9-2;1-7-30-29-26(6)25(5)28-21-27(29)19-18-24(4)17-12-16-23(3)15-11-14-22(2)13-9-8-10-20-31-28;1-7-30-29-26(6)25(5)27-18-10-8-9-13-22(2)14-11-15-23(3)16-12-17-24(4)19-20-28(29)21-27/h21-25,27-28,30-31H,8-20H2,1-7H3;13,21,23-26,28-29H,7-12,14-20H2,1-6H3;13,21,23-24,26,29H,7-12,14-20H2,1-6H3/b;2*22-13+. The molecule has 4 bridgehead atoms. The third-order valence-corrected chi connectivity index (χ3v) is 23.6. The SMILES string of the molecule is CCCCCC(C)(O)CCCC(C)CCCC(C)CCC1=CC(O)C(C)C(C)C1OCC.CCOC1C2=CC(=C(C)C1C)CCCC/C=C(\C)CCCC(C)CCCC(C)CC2.CCOC1C2=CC(OCCCC/C=C(\C)CCCC(C)CCCC(C)CC2)C(C)C1C. The molecule has 5 rings (SSSR count). The fraction of sp³-hybridized carbons (Fsp3) is 0.862. The van der Waals surface area contributed by atoms with Crippen LogP contribution in [0.1, 0.15) is 356 Å². The lowest BCUT2D eigenvalue weighted by Gasteiger charge is -2.39. The molecule has 0 saturated heterocycles. The number of ether oxygens (including phenoxy) is 4. The number of aliphatic hydroxyl groups is 2. The summed E-state index contributed by atoms with van der Waals surface area (Å²) in [6.45, 7) is 46.8. The minimum absolute atomic E-state index is 0.171. The average molecular weight is 1300 g/mol. The second-order valence-electron chi connectivity index (χ2n) is 32.6. The van der Waals surface area contributed by atoms with E-state index in [-0.39, 0.29) is 30.3 Å². The van der Waals surface area contributed by atoms with Crippen LogP contribution in [-0.4, -0.2) is 72.8 Å². The van der Waals surface area contributed by atoms with Gasteiger partial charge in [0.2, 0.25) is 0 Å². The van der Waals surface area contributed by atoms with E-state index in [0.29, 0.717) is 35.7 Å². The molecule has 93 heavy (non-hydrogen) atoms. The van der Waals surface area contributed by atoms with Crippen LogP contribution in [0.15, 0.2) is 69.4 Å². The molecular weight excluding hydrogens is 1140 g/mol.